The van der Waals surface area contributed by atoms with Gasteiger partial charge in [0.2, 0.25) is 0 Å². The fourth-order valence-electron chi connectivity index (χ4n) is 1.81. The van der Waals surface area contributed by atoms with Crippen molar-refractivity contribution >= 4 is 5.84 Å². The lowest BCUT2D eigenvalue weighted by Crippen LogP contribution is -2.16. The lowest BCUT2D eigenvalue weighted by atomic mass is 10.0. The molecular formula is C11H17N3. The molecule has 1 saturated carbocycles. The quantitative estimate of drug-likeness (QED) is 0.636. The molecule has 0 atom stereocenters. The molecule has 2 aliphatic rings. The van der Waals surface area contributed by atoms with E-state index in [2.05, 4.69) is 10.6 Å². The van der Waals surface area contributed by atoms with Crippen LogP contribution in [0.2, 0.25) is 0 Å². The highest BCUT2D eigenvalue weighted by atomic mass is 15.0. The number of allylic oxidation sites excluding steroid dienone is 1. The second-order valence-electron chi connectivity index (χ2n) is 4.09. The number of rotatable bonds is 3. The first-order valence-electron chi connectivity index (χ1n) is 5.16. The number of nitrogens with one attached hydrogen (secondary N) is 3. The molecule has 0 amide bonds. The zero-order chi connectivity index (χ0) is 10.1. The minimum Gasteiger partial charge on any atom is -0.391 e. The number of hydrogen-bond donors (Lipinski definition) is 3. The van der Waals surface area contributed by atoms with Crippen molar-refractivity contribution in [1.29, 1.82) is 5.41 Å². The van der Waals surface area contributed by atoms with Crippen molar-refractivity contribution in [3.8, 4) is 0 Å². The largest absolute Gasteiger partial charge is 0.391 e. The van der Waals surface area contributed by atoms with Crippen LogP contribution in [0.5, 0.6) is 0 Å². The van der Waals surface area contributed by atoms with E-state index in [1.54, 1.807) is 0 Å². The zero-order valence-electron chi connectivity index (χ0n) is 8.78. The molecule has 0 spiro atoms. The van der Waals surface area contributed by atoms with Crippen LogP contribution >= 0.6 is 0 Å². The fourth-order valence-corrected chi connectivity index (χ4v) is 1.81. The zero-order valence-corrected chi connectivity index (χ0v) is 8.78. The Morgan fingerprint density at radius 2 is 2.36 bits per heavy atom. The maximum absolute atomic E-state index is 7.77. The molecule has 1 heterocycles. The van der Waals surface area contributed by atoms with Crippen molar-refractivity contribution in [3.63, 3.8) is 0 Å². The van der Waals surface area contributed by atoms with Crippen molar-refractivity contribution in [3.05, 3.63) is 23.0 Å². The fraction of sp³-hybridized carbons (Fsp3) is 0.545. The summed E-state index contributed by atoms with van der Waals surface area (Å²) in [6, 6.07) is 0. The van der Waals surface area contributed by atoms with Crippen LogP contribution in [-0.4, -0.2) is 12.9 Å². The Morgan fingerprint density at radius 1 is 1.64 bits per heavy atom. The third-order valence-corrected chi connectivity index (χ3v) is 2.92. The average Bonchev–Trinajstić information content (AvgIpc) is 2.90. The van der Waals surface area contributed by atoms with E-state index in [1.165, 1.54) is 18.4 Å². The van der Waals surface area contributed by atoms with Gasteiger partial charge in [0.15, 0.2) is 0 Å². The first-order valence-corrected chi connectivity index (χ1v) is 5.16. The van der Waals surface area contributed by atoms with Crippen LogP contribution in [0.1, 0.15) is 26.2 Å². The van der Waals surface area contributed by atoms with E-state index in [1.807, 2.05) is 20.2 Å². The summed E-state index contributed by atoms with van der Waals surface area (Å²) in [6.45, 7) is 2.03. The van der Waals surface area contributed by atoms with Crippen LogP contribution in [0.25, 0.3) is 0 Å². The molecule has 3 N–H and O–H groups in total. The molecule has 1 aliphatic heterocycles. The second kappa shape index (κ2) is 3.48. The van der Waals surface area contributed by atoms with E-state index >= 15 is 0 Å². The first kappa shape index (κ1) is 9.31. The van der Waals surface area contributed by atoms with Gasteiger partial charge in [-0.2, -0.15) is 0 Å². The third kappa shape index (κ3) is 1.67. The lowest BCUT2D eigenvalue weighted by molar-refractivity contribution is 0.826. The highest BCUT2D eigenvalue weighted by Crippen LogP contribution is 2.38. The molecule has 76 valence electrons. The summed E-state index contributed by atoms with van der Waals surface area (Å²) in [5.74, 6) is 1.40. The van der Waals surface area contributed by atoms with Gasteiger partial charge in [0.25, 0.3) is 0 Å². The van der Waals surface area contributed by atoms with E-state index < -0.39 is 0 Å². The van der Waals surface area contributed by atoms with E-state index in [0.29, 0.717) is 5.84 Å². The Bertz CT molecular complexity index is 321. The van der Waals surface area contributed by atoms with Crippen molar-refractivity contribution in [2.75, 3.05) is 7.05 Å². The molecule has 0 saturated heterocycles. The molecule has 0 radical (unpaired) electrons. The molecule has 0 aromatic carbocycles. The average molecular weight is 191 g/mol. The van der Waals surface area contributed by atoms with Gasteiger partial charge < -0.3 is 10.6 Å². The Labute approximate surface area is 84.8 Å². The van der Waals surface area contributed by atoms with Crippen LogP contribution in [0, 0.1) is 11.3 Å². The molecule has 1 fully saturated rings. The van der Waals surface area contributed by atoms with Crippen LogP contribution in [0.4, 0.5) is 0 Å². The summed E-state index contributed by atoms with van der Waals surface area (Å²) in [7, 11) is 1.91. The van der Waals surface area contributed by atoms with Gasteiger partial charge in [0.1, 0.15) is 5.84 Å². The molecule has 3 heteroatoms. The summed E-state index contributed by atoms with van der Waals surface area (Å²) in [5.41, 5.74) is 3.45. The Kier molecular flexibility index (Phi) is 2.32. The highest BCUT2D eigenvalue weighted by Gasteiger charge is 2.27. The van der Waals surface area contributed by atoms with Gasteiger partial charge in [-0.1, -0.05) is 0 Å². The molecule has 2 rings (SSSR count). The number of amidine groups is 1. The van der Waals surface area contributed by atoms with Gasteiger partial charge in [-0.15, -0.1) is 0 Å². The second-order valence-corrected chi connectivity index (χ2v) is 4.09. The lowest BCUT2D eigenvalue weighted by Gasteiger charge is -2.09. The van der Waals surface area contributed by atoms with Crippen molar-refractivity contribution in [1.82, 2.24) is 10.6 Å². The topological polar surface area (TPSA) is 47.9 Å². The Hall–Kier alpha value is -1.25. The Balaban J connectivity index is 2.18. The predicted molar refractivity (Wildman–Crippen MR) is 58.0 cm³/mol. The van der Waals surface area contributed by atoms with E-state index in [9.17, 15) is 0 Å². The Morgan fingerprint density at radius 3 is 2.93 bits per heavy atom. The smallest absolute Gasteiger partial charge is 0.131 e. The minimum absolute atomic E-state index is 0.535. The van der Waals surface area contributed by atoms with E-state index in [4.69, 9.17) is 5.41 Å². The molecule has 14 heavy (non-hydrogen) atoms. The highest BCUT2D eigenvalue weighted by molar-refractivity contribution is 6.04. The van der Waals surface area contributed by atoms with Gasteiger partial charge >= 0.3 is 0 Å². The van der Waals surface area contributed by atoms with Crippen LogP contribution in [0.15, 0.2) is 23.0 Å². The molecule has 0 unspecified atom stereocenters. The summed E-state index contributed by atoms with van der Waals surface area (Å²) >= 11 is 0. The van der Waals surface area contributed by atoms with Gasteiger partial charge in [0, 0.05) is 24.5 Å². The monoisotopic (exact) mass is 191 g/mol. The molecule has 0 bridgehead atoms. The standard InChI is InChI=1S/C11H17N3/c1-7(13-2)10-9(5-8-3-4-8)6-14-11(10)12/h6,8,13H,3-5H2,1-2H3,(H2,12,14)/b10-7+. The molecular weight excluding hydrogens is 174 g/mol. The summed E-state index contributed by atoms with van der Waals surface area (Å²) < 4.78 is 0. The van der Waals surface area contributed by atoms with Crippen LogP contribution in [-0.2, 0) is 0 Å². The maximum atomic E-state index is 7.77. The summed E-state index contributed by atoms with van der Waals surface area (Å²) in [6.07, 6.45) is 5.83. The van der Waals surface area contributed by atoms with Crippen LogP contribution < -0.4 is 10.6 Å². The molecule has 0 aromatic heterocycles. The van der Waals surface area contributed by atoms with E-state index in [0.717, 1.165) is 23.6 Å². The van der Waals surface area contributed by atoms with Gasteiger partial charge in [-0.05, 0) is 37.7 Å². The van der Waals surface area contributed by atoms with Gasteiger partial charge in [0.05, 0.1) is 0 Å². The predicted octanol–water partition coefficient (Wildman–Crippen LogP) is 1.74. The summed E-state index contributed by atoms with van der Waals surface area (Å²) in [4.78, 5) is 0. The van der Waals surface area contributed by atoms with Crippen LogP contribution in [0.3, 0.4) is 0 Å². The van der Waals surface area contributed by atoms with Crippen molar-refractivity contribution in [2.45, 2.75) is 26.2 Å². The van der Waals surface area contributed by atoms with Gasteiger partial charge in [-0.25, -0.2) is 0 Å². The normalized spacial score (nSPS) is 24.4. The van der Waals surface area contributed by atoms with Crippen molar-refractivity contribution < 1.29 is 0 Å². The first-order chi connectivity index (χ1) is 6.72. The minimum atomic E-state index is 0.535. The molecule has 1 aliphatic carbocycles. The van der Waals surface area contributed by atoms with Crippen molar-refractivity contribution in [2.24, 2.45) is 5.92 Å². The van der Waals surface area contributed by atoms with Gasteiger partial charge in [-0.3, -0.25) is 5.41 Å². The molecule has 3 nitrogen and oxygen atoms in total. The third-order valence-electron chi connectivity index (χ3n) is 2.92. The SMILES string of the molecule is CN/C(C)=C1/C(=N)NC=C1CC1CC1. The summed E-state index contributed by atoms with van der Waals surface area (Å²) in [5, 5.41) is 13.9. The molecule has 0 aromatic rings. The number of hydrogen-bond acceptors (Lipinski definition) is 2. The maximum Gasteiger partial charge on any atom is 0.131 e. The van der Waals surface area contributed by atoms with E-state index in [-0.39, 0.29) is 0 Å².